The Hall–Kier alpha value is -3.20. The fourth-order valence-corrected chi connectivity index (χ4v) is 3.24. The number of carbonyl (C=O) groups excluding carboxylic acids is 1. The summed E-state index contributed by atoms with van der Waals surface area (Å²) in [6, 6.07) is 9.25. The third-order valence-corrected chi connectivity index (χ3v) is 4.44. The molecule has 8 nitrogen and oxygen atoms in total. The predicted molar refractivity (Wildman–Crippen MR) is 110 cm³/mol. The van der Waals surface area contributed by atoms with E-state index in [4.69, 9.17) is 14.2 Å². The molecule has 0 radical (unpaired) electrons. The van der Waals surface area contributed by atoms with Crippen molar-refractivity contribution in [3.05, 3.63) is 67.8 Å². The van der Waals surface area contributed by atoms with Gasteiger partial charge in [0.15, 0.2) is 17.2 Å². The van der Waals surface area contributed by atoms with Crippen LogP contribution in [0.15, 0.2) is 51.6 Å². The first-order valence-corrected chi connectivity index (χ1v) is 9.58. The van der Waals surface area contributed by atoms with E-state index in [9.17, 15) is 14.9 Å². The molecule has 0 saturated carbocycles. The summed E-state index contributed by atoms with van der Waals surface area (Å²) >= 11 is 3.45. The minimum Gasteiger partial charge on any atom is -0.490 e. The Morgan fingerprint density at radius 3 is 2.66 bits per heavy atom. The lowest BCUT2D eigenvalue weighted by atomic mass is 10.1. The molecule has 0 unspecified atom stereocenters. The number of nitro groups is 1. The summed E-state index contributed by atoms with van der Waals surface area (Å²) < 4.78 is 17.1. The van der Waals surface area contributed by atoms with Gasteiger partial charge < -0.3 is 14.2 Å². The van der Waals surface area contributed by atoms with Crippen LogP contribution in [-0.4, -0.2) is 30.0 Å². The van der Waals surface area contributed by atoms with Gasteiger partial charge in [-0.25, -0.2) is 9.79 Å². The number of cyclic esters (lactones) is 1. The van der Waals surface area contributed by atoms with Crippen molar-refractivity contribution in [2.24, 2.45) is 4.99 Å². The Morgan fingerprint density at radius 2 is 1.97 bits per heavy atom. The van der Waals surface area contributed by atoms with Crippen LogP contribution in [0, 0.1) is 10.1 Å². The van der Waals surface area contributed by atoms with Gasteiger partial charge in [0.25, 0.3) is 5.69 Å². The molecule has 29 heavy (non-hydrogen) atoms. The van der Waals surface area contributed by atoms with Crippen molar-refractivity contribution >= 4 is 39.6 Å². The van der Waals surface area contributed by atoms with Crippen molar-refractivity contribution in [1.29, 1.82) is 0 Å². The van der Waals surface area contributed by atoms with E-state index in [0.717, 1.165) is 0 Å². The molecule has 0 N–H and O–H groups in total. The maximum absolute atomic E-state index is 12.2. The molecule has 0 atom stereocenters. The van der Waals surface area contributed by atoms with Crippen LogP contribution in [0.3, 0.4) is 0 Å². The van der Waals surface area contributed by atoms with Gasteiger partial charge in [-0.2, -0.15) is 0 Å². The highest BCUT2D eigenvalue weighted by Crippen LogP contribution is 2.37. The number of esters is 1. The quantitative estimate of drug-likeness (QED) is 0.261. The van der Waals surface area contributed by atoms with E-state index in [-0.39, 0.29) is 17.3 Å². The minimum atomic E-state index is -0.644. The third-order valence-electron chi connectivity index (χ3n) is 3.85. The maximum atomic E-state index is 12.2. The van der Waals surface area contributed by atoms with E-state index in [0.29, 0.717) is 40.3 Å². The van der Waals surface area contributed by atoms with Gasteiger partial charge in [-0.3, -0.25) is 10.1 Å². The molecule has 1 aliphatic rings. The molecule has 0 aromatic heterocycles. The molecule has 2 aromatic rings. The average molecular weight is 461 g/mol. The smallest absolute Gasteiger partial charge is 0.363 e. The highest BCUT2D eigenvalue weighted by Gasteiger charge is 2.25. The lowest BCUT2D eigenvalue weighted by molar-refractivity contribution is -0.384. The van der Waals surface area contributed by atoms with Gasteiger partial charge in [0, 0.05) is 17.7 Å². The maximum Gasteiger partial charge on any atom is 0.363 e. The molecule has 0 fully saturated rings. The summed E-state index contributed by atoms with van der Waals surface area (Å²) in [6.07, 6.45) is 1.55. The molecular formula is C20H17BrN2O6. The summed E-state index contributed by atoms with van der Waals surface area (Å²) in [5.74, 6) is 0.477. The minimum absolute atomic E-state index is 0.0139. The van der Waals surface area contributed by atoms with Crippen LogP contribution in [0.25, 0.3) is 6.08 Å². The number of hydrogen-bond acceptors (Lipinski definition) is 7. The van der Waals surface area contributed by atoms with Crippen LogP contribution in [0.2, 0.25) is 0 Å². The number of aliphatic imine (C=N–C) groups is 1. The topological polar surface area (TPSA) is 100 Å². The molecule has 0 saturated heterocycles. The van der Waals surface area contributed by atoms with Crippen LogP contribution in [0.5, 0.6) is 11.5 Å². The van der Waals surface area contributed by atoms with Gasteiger partial charge in [0.1, 0.15) is 0 Å². The lowest BCUT2D eigenvalue weighted by Gasteiger charge is -2.13. The molecule has 2 aromatic carbocycles. The molecule has 9 heteroatoms. The van der Waals surface area contributed by atoms with Gasteiger partial charge in [0.2, 0.25) is 5.90 Å². The largest absolute Gasteiger partial charge is 0.490 e. The van der Waals surface area contributed by atoms with Crippen molar-refractivity contribution < 1.29 is 23.9 Å². The molecule has 1 aliphatic heterocycles. The first-order valence-electron chi connectivity index (χ1n) is 8.79. The van der Waals surface area contributed by atoms with Gasteiger partial charge in [0.05, 0.1) is 22.6 Å². The van der Waals surface area contributed by atoms with Crippen molar-refractivity contribution in [3.8, 4) is 11.5 Å². The Morgan fingerprint density at radius 1 is 1.21 bits per heavy atom. The van der Waals surface area contributed by atoms with Gasteiger partial charge in [-0.15, -0.1) is 0 Å². The summed E-state index contributed by atoms with van der Waals surface area (Å²) in [7, 11) is 0. The highest BCUT2D eigenvalue weighted by molar-refractivity contribution is 9.10. The number of ether oxygens (including phenoxy) is 3. The SMILES string of the molecule is CCOc1cc(C=C2N=C(c3cccc([N+](=O)[O-])c3)OC2=O)cc(Br)c1OCC. The second-order valence-electron chi connectivity index (χ2n) is 5.84. The fraction of sp³-hybridized carbons (Fsp3) is 0.200. The van der Waals surface area contributed by atoms with Crippen LogP contribution < -0.4 is 9.47 Å². The van der Waals surface area contributed by atoms with Gasteiger partial charge in [-0.1, -0.05) is 6.07 Å². The first kappa shape index (κ1) is 20.5. The third kappa shape index (κ3) is 4.62. The summed E-state index contributed by atoms with van der Waals surface area (Å²) in [5, 5.41) is 10.9. The number of carbonyl (C=O) groups is 1. The molecule has 3 rings (SSSR count). The number of benzene rings is 2. The second kappa shape index (κ2) is 8.87. The summed E-state index contributed by atoms with van der Waals surface area (Å²) in [6.45, 7) is 4.65. The Kier molecular flexibility index (Phi) is 6.28. The Bertz CT molecular complexity index is 1030. The molecule has 0 bridgehead atoms. The molecule has 150 valence electrons. The number of hydrogen-bond donors (Lipinski definition) is 0. The normalized spacial score (nSPS) is 14.5. The number of nitro benzene ring substituents is 1. The van der Waals surface area contributed by atoms with Crippen LogP contribution in [0.1, 0.15) is 25.0 Å². The molecule has 0 spiro atoms. The molecule has 0 aliphatic carbocycles. The fourth-order valence-electron chi connectivity index (χ4n) is 2.66. The number of non-ortho nitro benzene ring substituents is 1. The predicted octanol–water partition coefficient (Wildman–Crippen LogP) is 4.50. The van der Waals surface area contributed by atoms with Crippen LogP contribution >= 0.6 is 15.9 Å². The first-order chi connectivity index (χ1) is 13.9. The van der Waals surface area contributed by atoms with E-state index in [1.54, 1.807) is 24.3 Å². The molecule has 1 heterocycles. The highest BCUT2D eigenvalue weighted by atomic mass is 79.9. The van der Waals surface area contributed by atoms with Gasteiger partial charge >= 0.3 is 5.97 Å². The average Bonchev–Trinajstić information content (AvgIpc) is 3.05. The van der Waals surface area contributed by atoms with Crippen molar-refractivity contribution in [2.45, 2.75) is 13.8 Å². The number of halogens is 1. The number of rotatable bonds is 7. The Labute approximate surface area is 175 Å². The van der Waals surface area contributed by atoms with Crippen molar-refractivity contribution in [3.63, 3.8) is 0 Å². The lowest BCUT2D eigenvalue weighted by Crippen LogP contribution is -2.05. The van der Waals surface area contributed by atoms with Gasteiger partial charge in [-0.05, 0) is 59.6 Å². The van der Waals surface area contributed by atoms with Crippen LogP contribution in [-0.2, 0) is 9.53 Å². The second-order valence-corrected chi connectivity index (χ2v) is 6.69. The van der Waals surface area contributed by atoms with Crippen LogP contribution in [0.4, 0.5) is 5.69 Å². The standard InChI is InChI=1S/C20H17BrN2O6/c1-3-27-17-10-12(8-15(21)18(17)28-4-2)9-16-20(24)29-19(22-16)13-6-5-7-14(11-13)23(25)26/h5-11H,3-4H2,1-2H3. The Balaban J connectivity index is 1.97. The van der Waals surface area contributed by atoms with Crippen molar-refractivity contribution in [1.82, 2.24) is 0 Å². The monoisotopic (exact) mass is 460 g/mol. The zero-order valence-electron chi connectivity index (χ0n) is 15.7. The van der Waals surface area contributed by atoms with E-state index in [1.165, 1.54) is 18.2 Å². The zero-order valence-corrected chi connectivity index (χ0v) is 17.3. The zero-order chi connectivity index (χ0) is 21.0. The summed E-state index contributed by atoms with van der Waals surface area (Å²) in [4.78, 5) is 26.9. The van der Waals surface area contributed by atoms with E-state index < -0.39 is 10.9 Å². The van der Waals surface area contributed by atoms with Crippen molar-refractivity contribution in [2.75, 3.05) is 13.2 Å². The molecule has 0 amide bonds. The van der Waals surface area contributed by atoms with E-state index in [2.05, 4.69) is 20.9 Å². The molecular weight excluding hydrogens is 444 g/mol. The van der Waals surface area contributed by atoms with E-state index >= 15 is 0 Å². The summed E-state index contributed by atoms with van der Waals surface area (Å²) in [5.41, 5.74) is 0.957. The van der Waals surface area contributed by atoms with E-state index in [1.807, 2.05) is 13.8 Å². The number of nitrogens with zero attached hydrogens (tertiary/aromatic N) is 2.